The molecule has 1 saturated carbocycles. The van der Waals surface area contributed by atoms with Gasteiger partial charge in [-0.2, -0.15) is 0 Å². The van der Waals surface area contributed by atoms with Gasteiger partial charge in [0.2, 0.25) is 0 Å². The van der Waals surface area contributed by atoms with Crippen LogP contribution in [0.1, 0.15) is 17.8 Å². The van der Waals surface area contributed by atoms with Crippen LogP contribution in [0.5, 0.6) is 5.75 Å². The molecule has 0 saturated heterocycles. The maximum atomic E-state index is 6.13. The fraction of sp³-hybridized carbons (Fsp3) is 0.462. The van der Waals surface area contributed by atoms with Crippen LogP contribution < -0.4 is 10.5 Å². The Labute approximate surface area is 105 Å². The van der Waals surface area contributed by atoms with Crippen molar-refractivity contribution in [1.29, 1.82) is 0 Å². The molecular weight excluding hydrogens is 232 g/mol. The number of thiazole rings is 1. The molecule has 1 aliphatic rings. The molecule has 1 fully saturated rings. The SMILES string of the molecule is COc1ccc2nc(CC(N)C3CC3)sc2c1. The van der Waals surface area contributed by atoms with Crippen LogP contribution in [-0.4, -0.2) is 18.1 Å². The van der Waals surface area contributed by atoms with Crippen molar-refractivity contribution in [3.8, 4) is 5.75 Å². The van der Waals surface area contributed by atoms with Crippen molar-refractivity contribution in [3.63, 3.8) is 0 Å². The third-order valence-electron chi connectivity index (χ3n) is 3.28. The number of hydrogen-bond donors (Lipinski definition) is 1. The highest BCUT2D eigenvalue weighted by molar-refractivity contribution is 7.18. The topological polar surface area (TPSA) is 48.1 Å². The van der Waals surface area contributed by atoms with Crippen LogP contribution in [0.25, 0.3) is 10.2 Å². The van der Waals surface area contributed by atoms with Gasteiger partial charge in [0.25, 0.3) is 0 Å². The number of nitrogens with two attached hydrogens (primary N) is 1. The van der Waals surface area contributed by atoms with E-state index in [9.17, 15) is 0 Å². The number of methoxy groups -OCH3 is 1. The maximum Gasteiger partial charge on any atom is 0.120 e. The summed E-state index contributed by atoms with van der Waals surface area (Å²) in [5.41, 5.74) is 7.18. The first-order valence-electron chi connectivity index (χ1n) is 5.95. The predicted octanol–water partition coefficient (Wildman–Crippen LogP) is 2.58. The van der Waals surface area contributed by atoms with E-state index in [1.807, 2.05) is 18.2 Å². The van der Waals surface area contributed by atoms with E-state index in [1.54, 1.807) is 18.4 Å². The lowest BCUT2D eigenvalue weighted by atomic mass is 10.1. The van der Waals surface area contributed by atoms with E-state index < -0.39 is 0 Å². The van der Waals surface area contributed by atoms with Crippen molar-refractivity contribution in [2.45, 2.75) is 25.3 Å². The second-order valence-corrected chi connectivity index (χ2v) is 5.76. The summed E-state index contributed by atoms with van der Waals surface area (Å²) in [6.45, 7) is 0. The molecule has 1 heterocycles. The van der Waals surface area contributed by atoms with E-state index in [-0.39, 0.29) is 6.04 Å². The Morgan fingerprint density at radius 2 is 2.35 bits per heavy atom. The molecule has 0 amide bonds. The average Bonchev–Trinajstić information content (AvgIpc) is 3.10. The van der Waals surface area contributed by atoms with Crippen molar-refractivity contribution in [2.75, 3.05) is 7.11 Å². The van der Waals surface area contributed by atoms with E-state index >= 15 is 0 Å². The minimum Gasteiger partial charge on any atom is -0.497 e. The van der Waals surface area contributed by atoms with Crippen molar-refractivity contribution in [1.82, 2.24) is 4.98 Å². The summed E-state index contributed by atoms with van der Waals surface area (Å²) in [6.07, 6.45) is 3.49. The Balaban J connectivity index is 1.85. The van der Waals surface area contributed by atoms with Crippen LogP contribution >= 0.6 is 11.3 Å². The van der Waals surface area contributed by atoms with E-state index in [0.717, 1.165) is 28.6 Å². The van der Waals surface area contributed by atoms with Gasteiger partial charge in [-0.15, -0.1) is 11.3 Å². The average molecular weight is 248 g/mol. The molecule has 1 aliphatic carbocycles. The third kappa shape index (κ3) is 2.28. The summed E-state index contributed by atoms with van der Waals surface area (Å²) in [4.78, 5) is 4.62. The second-order valence-electron chi connectivity index (χ2n) is 4.65. The summed E-state index contributed by atoms with van der Waals surface area (Å²) in [5, 5.41) is 1.15. The minimum absolute atomic E-state index is 0.289. The van der Waals surface area contributed by atoms with Gasteiger partial charge in [-0.3, -0.25) is 0 Å². The van der Waals surface area contributed by atoms with Crippen LogP contribution in [0.4, 0.5) is 0 Å². The van der Waals surface area contributed by atoms with Crippen molar-refractivity contribution < 1.29 is 4.74 Å². The molecule has 17 heavy (non-hydrogen) atoms. The Kier molecular flexibility index (Phi) is 2.76. The number of aromatic nitrogens is 1. The van der Waals surface area contributed by atoms with Gasteiger partial charge < -0.3 is 10.5 Å². The zero-order valence-electron chi connectivity index (χ0n) is 9.85. The zero-order valence-corrected chi connectivity index (χ0v) is 10.7. The number of rotatable bonds is 4. The standard InChI is InChI=1S/C13H16N2OS/c1-16-9-4-5-11-12(6-9)17-13(15-11)7-10(14)8-2-3-8/h4-6,8,10H,2-3,7,14H2,1H3. The minimum atomic E-state index is 0.289. The Morgan fingerprint density at radius 1 is 1.53 bits per heavy atom. The maximum absolute atomic E-state index is 6.13. The third-order valence-corrected chi connectivity index (χ3v) is 4.32. The molecule has 3 rings (SSSR count). The molecule has 0 spiro atoms. The van der Waals surface area contributed by atoms with Crippen LogP contribution in [-0.2, 0) is 6.42 Å². The van der Waals surface area contributed by atoms with E-state index in [4.69, 9.17) is 10.5 Å². The summed E-state index contributed by atoms with van der Waals surface area (Å²) in [5.74, 6) is 1.62. The molecular formula is C13H16N2OS. The van der Waals surface area contributed by atoms with E-state index in [2.05, 4.69) is 4.98 Å². The quantitative estimate of drug-likeness (QED) is 0.904. The van der Waals surface area contributed by atoms with Gasteiger partial charge in [-0.05, 0) is 37.0 Å². The zero-order chi connectivity index (χ0) is 11.8. The highest BCUT2D eigenvalue weighted by atomic mass is 32.1. The molecule has 1 aromatic heterocycles. The Morgan fingerprint density at radius 3 is 3.06 bits per heavy atom. The van der Waals surface area contributed by atoms with Gasteiger partial charge in [0.1, 0.15) is 5.75 Å². The first-order valence-corrected chi connectivity index (χ1v) is 6.77. The lowest BCUT2D eigenvalue weighted by molar-refractivity contribution is 0.415. The molecule has 4 heteroatoms. The van der Waals surface area contributed by atoms with Crippen molar-refractivity contribution >= 4 is 21.6 Å². The summed E-state index contributed by atoms with van der Waals surface area (Å²) >= 11 is 1.73. The summed E-state index contributed by atoms with van der Waals surface area (Å²) < 4.78 is 6.40. The van der Waals surface area contributed by atoms with Crippen LogP contribution in [0.2, 0.25) is 0 Å². The number of fused-ring (bicyclic) bond motifs is 1. The van der Waals surface area contributed by atoms with E-state index in [0.29, 0.717) is 0 Å². The van der Waals surface area contributed by atoms with E-state index in [1.165, 1.54) is 17.5 Å². The summed E-state index contributed by atoms with van der Waals surface area (Å²) in [6, 6.07) is 6.29. The molecule has 0 radical (unpaired) electrons. The van der Waals surface area contributed by atoms with Gasteiger partial charge in [-0.25, -0.2) is 4.98 Å². The van der Waals surface area contributed by atoms with Crippen LogP contribution in [0.15, 0.2) is 18.2 Å². The highest BCUT2D eigenvalue weighted by Crippen LogP contribution is 2.34. The number of hydrogen-bond acceptors (Lipinski definition) is 4. The van der Waals surface area contributed by atoms with Crippen molar-refractivity contribution in [3.05, 3.63) is 23.2 Å². The smallest absolute Gasteiger partial charge is 0.120 e. The van der Waals surface area contributed by atoms with Crippen LogP contribution in [0, 0.1) is 5.92 Å². The highest BCUT2D eigenvalue weighted by Gasteiger charge is 2.29. The monoisotopic (exact) mass is 248 g/mol. The number of ether oxygens (including phenoxy) is 1. The second kappa shape index (κ2) is 4.27. The van der Waals surface area contributed by atoms with Gasteiger partial charge in [0.15, 0.2) is 0 Å². The molecule has 0 aliphatic heterocycles. The Hall–Kier alpha value is -1.13. The fourth-order valence-electron chi connectivity index (χ4n) is 2.06. The van der Waals surface area contributed by atoms with Gasteiger partial charge in [-0.1, -0.05) is 0 Å². The first kappa shape index (κ1) is 11.0. The molecule has 3 nitrogen and oxygen atoms in total. The lowest BCUT2D eigenvalue weighted by Crippen LogP contribution is -2.24. The molecule has 0 bridgehead atoms. The van der Waals surface area contributed by atoms with Gasteiger partial charge in [0.05, 0.1) is 22.3 Å². The molecule has 2 N–H and O–H groups in total. The van der Waals surface area contributed by atoms with Gasteiger partial charge >= 0.3 is 0 Å². The van der Waals surface area contributed by atoms with Crippen LogP contribution in [0.3, 0.4) is 0 Å². The first-order chi connectivity index (χ1) is 8.26. The van der Waals surface area contributed by atoms with Crippen molar-refractivity contribution in [2.24, 2.45) is 11.7 Å². The molecule has 1 aromatic carbocycles. The number of benzene rings is 1. The fourth-order valence-corrected chi connectivity index (χ4v) is 3.13. The summed E-state index contributed by atoms with van der Waals surface area (Å²) in [7, 11) is 1.69. The molecule has 2 aromatic rings. The van der Waals surface area contributed by atoms with Gasteiger partial charge in [0, 0.05) is 12.5 Å². The number of nitrogens with zero attached hydrogens (tertiary/aromatic N) is 1. The Bertz CT molecular complexity index is 533. The lowest BCUT2D eigenvalue weighted by Gasteiger charge is -2.06. The molecule has 1 atom stereocenters. The largest absolute Gasteiger partial charge is 0.497 e. The molecule has 90 valence electrons. The molecule has 1 unspecified atom stereocenters. The normalized spacial score (nSPS) is 17.3. The predicted molar refractivity (Wildman–Crippen MR) is 70.6 cm³/mol.